The van der Waals surface area contributed by atoms with E-state index in [0.717, 1.165) is 13.0 Å². The van der Waals surface area contributed by atoms with Crippen LogP contribution in [0.25, 0.3) is 0 Å². The van der Waals surface area contributed by atoms with Crippen LogP contribution in [0.15, 0.2) is 17.5 Å². The van der Waals surface area contributed by atoms with Crippen molar-refractivity contribution in [2.24, 2.45) is 0 Å². The van der Waals surface area contributed by atoms with Crippen molar-refractivity contribution in [2.45, 2.75) is 38.1 Å². The highest BCUT2D eigenvalue weighted by Gasteiger charge is 2.21. The Bertz CT molecular complexity index is 333. The summed E-state index contributed by atoms with van der Waals surface area (Å²) in [5, 5.41) is 11.0. The van der Waals surface area contributed by atoms with Crippen LogP contribution < -0.4 is 0 Å². The Morgan fingerprint density at radius 2 is 2.25 bits per heavy atom. The Balaban J connectivity index is 1.85. The fraction of sp³-hybridized carbons (Fsp3) is 0.615. The number of hydrogen-bond acceptors (Lipinski definition) is 3. The molecule has 1 saturated carbocycles. The van der Waals surface area contributed by atoms with Crippen molar-refractivity contribution in [3.8, 4) is 6.07 Å². The van der Waals surface area contributed by atoms with Crippen LogP contribution in [0.4, 0.5) is 0 Å². The molecule has 3 heteroatoms. The topological polar surface area (TPSA) is 27.0 Å². The molecule has 0 spiro atoms. The standard InChI is InChI=1S/C13H18N2S/c14-8-10-15(12-4-1-2-5-12)9-7-13-6-3-11-16-13/h3,6,11-12H,1-2,4-5,7,9-10H2. The largest absolute Gasteiger partial charge is 0.287 e. The molecule has 0 bridgehead atoms. The van der Waals surface area contributed by atoms with Gasteiger partial charge >= 0.3 is 0 Å². The molecule has 2 nitrogen and oxygen atoms in total. The first-order chi connectivity index (χ1) is 7.90. The summed E-state index contributed by atoms with van der Waals surface area (Å²) in [6, 6.07) is 7.26. The molecule has 86 valence electrons. The molecule has 0 radical (unpaired) electrons. The van der Waals surface area contributed by atoms with Crippen molar-refractivity contribution in [2.75, 3.05) is 13.1 Å². The van der Waals surface area contributed by atoms with Crippen molar-refractivity contribution < 1.29 is 0 Å². The molecule has 0 unspecified atom stereocenters. The van der Waals surface area contributed by atoms with Crippen molar-refractivity contribution in [1.29, 1.82) is 5.26 Å². The molecule has 1 aliphatic rings. The molecule has 1 heterocycles. The number of nitriles is 1. The molecule has 2 rings (SSSR count). The highest BCUT2D eigenvalue weighted by atomic mass is 32.1. The van der Waals surface area contributed by atoms with Crippen LogP contribution in [0.1, 0.15) is 30.6 Å². The maximum absolute atomic E-state index is 8.87. The molecule has 0 amide bonds. The average molecular weight is 234 g/mol. The van der Waals surface area contributed by atoms with Gasteiger partial charge in [0.05, 0.1) is 12.6 Å². The first kappa shape index (κ1) is 11.6. The normalized spacial score (nSPS) is 16.8. The molecule has 0 atom stereocenters. The van der Waals surface area contributed by atoms with Gasteiger partial charge in [0.25, 0.3) is 0 Å². The second-order valence-electron chi connectivity index (χ2n) is 4.40. The van der Waals surface area contributed by atoms with Gasteiger partial charge in [0.15, 0.2) is 0 Å². The highest BCUT2D eigenvalue weighted by molar-refractivity contribution is 7.09. The van der Waals surface area contributed by atoms with Crippen molar-refractivity contribution in [3.63, 3.8) is 0 Å². The second kappa shape index (κ2) is 6.03. The van der Waals surface area contributed by atoms with E-state index in [-0.39, 0.29) is 0 Å². The lowest BCUT2D eigenvalue weighted by atomic mass is 10.2. The highest BCUT2D eigenvalue weighted by Crippen LogP contribution is 2.23. The monoisotopic (exact) mass is 234 g/mol. The van der Waals surface area contributed by atoms with Gasteiger partial charge < -0.3 is 0 Å². The SMILES string of the molecule is N#CCN(CCc1cccs1)C1CCCC1. The van der Waals surface area contributed by atoms with E-state index in [9.17, 15) is 0 Å². The number of nitrogens with zero attached hydrogens (tertiary/aromatic N) is 2. The predicted molar refractivity (Wildman–Crippen MR) is 67.5 cm³/mol. The van der Waals surface area contributed by atoms with Crippen LogP contribution in [-0.2, 0) is 6.42 Å². The van der Waals surface area contributed by atoms with E-state index in [2.05, 4.69) is 28.5 Å². The third kappa shape index (κ3) is 3.07. The van der Waals surface area contributed by atoms with Gasteiger partial charge in [-0.1, -0.05) is 18.9 Å². The Morgan fingerprint density at radius 3 is 2.88 bits per heavy atom. The Labute approximate surface area is 102 Å². The molecule has 16 heavy (non-hydrogen) atoms. The van der Waals surface area contributed by atoms with Crippen molar-refractivity contribution in [1.82, 2.24) is 4.90 Å². The summed E-state index contributed by atoms with van der Waals surface area (Å²) in [5.41, 5.74) is 0. The van der Waals surface area contributed by atoms with Crippen LogP contribution in [0, 0.1) is 11.3 Å². The number of rotatable bonds is 5. The lowest BCUT2D eigenvalue weighted by Crippen LogP contribution is -2.35. The fourth-order valence-corrected chi connectivity index (χ4v) is 3.16. The first-order valence-corrected chi connectivity index (χ1v) is 6.91. The smallest absolute Gasteiger partial charge is 0.0868 e. The number of hydrogen-bond donors (Lipinski definition) is 0. The van der Waals surface area contributed by atoms with E-state index in [0.29, 0.717) is 12.6 Å². The second-order valence-corrected chi connectivity index (χ2v) is 5.43. The maximum Gasteiger partial charge on any atom is 0.0868 e. The predicted octanol–water partition coefficient (Wildman–Crippen LogP) is 3.06. The minimum Gasteiger partial charge on any atom is -0.287 e. The van der Waals surface area contributed by atoms with Crippen LogP contribution in [0.3, 0.4) is 0 Å². The Hall–Kier alpha value is -0.850. The van der Waals surface area contributed by atoms with Crippen LogP contribution in [-0.4, -0.2) is 24.0 Å². The summed E-state index contributed by atoms with van der Waals surface area (Å²) in [4.78, 5) is 3.80. The lowest BCUT2D eigenvalue weighted by molar-refractivity contribution is 0.226. The molecule has 1 aliphatic carbocycles. The summed E-state index contributed by atoms with van der Waals surface area (Å²) in [7, 11) is 0. The zero-order valence-electron chi connectivity index (χ0n) is 9.56. The van der Waals surface area contributed by atoms with Gasteiger partial charge in [0, 0.05) is 17.5 Å². The summed E-state index contributed by atoms with van der Waals surface area (Å²) in [5.74, 6) is 0. The summed E-state index contributed by atoms with van der Waals surface area (Å²) >= 11 is 1.82. The quantitative estimate of drug-likeness (QED) is 0.732. The van der Waals surface area contributed by atoms with E-state index in [4.69, 9.17) is 5.26 Å². The van der Waals surface area contributed by atoms with Gasteiger partial charge in [-0.3, -0.25) is 4.90 Å². The molecular formula is C13H18N2S. The van der Waals surface area contributed by atoms with E-state index in [1.165, 1.54) is 30.6 Å². The van der Waals surface area contributed by atoms with Crippen molar-refractivity contribution >= 4 is 11.3 Å². The van der Waals surface area contributed by atoms with Gasteiger partial charge in [0.2, 0.25) is 0 Å². The molecule has 0 aromatic carbocycles. The maximum atomic E-state index is 8.87. The minimum atomic E-state index is 0.593. The third-order valence-electron chi connectivity index (χ3n) is 3.34. The third-order valence-corrected chi connectivity index (χ3v) is 4.28. The molecular weight excluding hydrogens is 216 g/mol. The Morgan fingerprint density at radius 1 is 1.44 bits per heavy atom. The van der Waals surface area contributed by atoms with Gasteiger partial charge in [-0.25, -0.2) is 0 Å². The molecule has 0 aliphatic heterocycles. The molecule has 1 fully saturated rings. The van der Waals surface area contributed by atoms with E-state index < -0.39 is 0 Å². The molecule has 0 saturated heterocycles. The average Bonchev–Trinajstić information content (AvgIpc) is 2.96. The molecule has 1 aromatic rings. The van der Waals surface area contributed by atoms with Crippen molar-refractivity contribution in [3.05, 3.63) is 22.4 Å². The molecule has 1 aromatic heterocycles. The van der Waals surface area contributed by atoms with E-state index in [1.807, 2.05) is 11.3 Å². The van der Waals surface area contributed by atoms with E-state index in [1.54, 1.807) is 0 Å². The summed E-state index contributed by atoms with van der Waals surface area (Å²) in [6.45, 7) is 1.63. The first-order valence-electron chi connectivity index (χ1n) is 6.03. The summed E-state index contributed by atoms with van der Waals surface area (Å²) < 4.78 is 0. The summed E-state index contributed by atoms with van der Waals surface area (Å²) in [6.07, 6.45) is 6.34. The van der Waals surface area contributed by atoms with Crippen LogP contribution in [0.2, 0.25) is 0 Å². The zero-order valence-corrected chi connectivity index (χ0v) is 10.4. The molecule has 0 N–H and O–H groups in total. The fourth-order valence-electron chi connectivity index (χ4n) is 2.46. The lowest BCUT2D eigenvalue weighted by Gasteiger charge is -2.25. The zero-order chi connectivity index (χ0) is 11.2. The minimum absolute atomic E-state index is 0.593. The van der Waals surface area contributed by atoms with Gasteiger partial charge in [0.1, 0.15) is 0 Å². The van der Waals surface area contributed by atoms with Crippen LogP contribution in [0.5, 0.6) is 0 Å². The number of thiophene rings is 1. The van der Waals surface area contributed by atoms with E-state index >= 15 is 0 Å². The van der Waals surface area contributed by atoms with Gasteiger partial charge in [-0.2, -0.15) is 5.26 Å². The van der Waals surface area contributed by atoms with Crippen LogP contribution >= 0.6 is 11.3 Å². The Kier molecular flexibility index (Phi) is 4.38. The van der Waals surface area contributed by atoms with Gasteiger partial charge in [-0.15, -0.1) is 11.3 Å². The van der Waals surface area contributed by atoms with Gasteiger partial charge in [-0.05, 0) is 30.7 Å².